The molecule has 4 nitrogen and oxygen atoms in total. The van der Waals surface area contributed by atoms with Crippen LogP contribution in [0.15, 0.2) is 28.8 Å². The fourth-order valence-corrected chi connectivity index (χ4v) is 1.15. The van der Waals surface area contributed by atoms with Crippen LogP contribution in [0.5, 0.6) is 6.01 Å². The summed E-state index contributed by atoms with van der Waals surface area (Å²) in [6.07, 6.45) is 1.64. The van der Waals surface area contributed by atoms with Crippen LogP contribution in [0.3, 0.4) is 0 Å². The lowest BCUT2D eigenvalue weighted by Crippen LogP contribution is -1.92. The molecule has 0 aliphatic heterocycles. The van der Waals surface area contributed by atoms with Gasteiger partial charge in [-0.2, -0.15) is 4.98 Å². The van der Waals surface area contributed by atoms with E-state index in [0.29, 0.717) is 6.01 Å². The number of aryl methyl sites for hydroxylation is 1. The van der Waals surface area contributed by atoms with Crippen molar-refractivity contribution in [3.8, 4) is 17.5 Å². The summed E-state index contributed by atoms with van der Waals surface area (Å²) >= 11 is 0. The van der Waals surface area contributed by atoms with Gasteiger partial charge in [0.2, 0.25) is 0 Å². The summed E-state index contributed by atoms with van der Waals surface area (Å²) in [5.74, 6) is 1.58. The number of nitrogens with zero attached hydrogens (tertiary/aromatic N) is 2. The standard InChI is InChI=1S/C10H10N2O2/c1-7-3-4-9(14-7)8-5-6-11-10(12-8)13-2/h3-6H,1-2H3. The average molecular weight is 190 g/mol. The summed E-state index contributed by atoms with van der Waals surface area (Å²) in [6, 6.07) is 5.89. The van der Waals surface area contributed by atoms with Crippen LogP contribution >= 0.6 is 0 Å². The molecule has 0 unspecified atom stereocenters. The Morgan fingerprint density at radius 2 is 2.14 bits per heavy atom. The summed E-state index contributed by atoms with van der Waals surface area (Å²) in [5, 5.41) is 0. The molecule has 0 amide bonds. The Morgan fingerprint density at radius 1 is 1.29 bits per heavy atom. The lowest BCUT2D eigenvalue weighted by molar-refractivity contribution is 0.379. The molecular formula is C10H10N2O2. The highest BCUT2D eigenvalue weighted by Crippen LogP contribution is 2.20. The molecule has 4 heteroatoms. The molecule has 0 aliphatic carbocycles. The van der Waals surface area contributed by atoms with Crippen molar-refractivity contribution in [1.29, 1.82) is 0 Å². The van der Waals surface area contributed by atoms with Crippen molar-refractivity contribution < 1.29 is 9.15 Å². The summed E-state index contributed by atoms with van der Waals surface area (Å²) in [7, 11) is 1.53. The molecule has 0 atom stereocenters. The lowest BCUT2D eigenvalue weighted by Gasteiger charge is -1.98. The van der Waals surface area contributed by atoms with Crippen LogP contribution in [-0.2, 0) is 0 Å². The van der Waals surface area contributed by atoms with Crippen molar-refractivity contribution in [3.05, 3.63) is 30.2 Å². The summed E-state index contributed by atoms with van der Waals surface area (Å²) in [4.78, 5) is 8.06. The van der Waals surface area contributed by atoms with Gasteiger partial charge in [0.25, 0.3) is 0 Å². The van der Waals surface area contributed by atoms with Crippen LogP contribution in [0.1, 0.15) is 5.76 Å². The van der Waals surface area contributed by atoms with Gasteiger partial charge in [0.05, 0.1) is 7.11 Å². The molecule has 14 heavy (non-hydrogen) atoms. The van der Waals surface area contributed by atoms with Gasteiger partial charge >= 0.3 is 6.01 Å². The van der Waals surface area contributed by atoms with Gasteiger partial charge in [0.15, 0.2) is 5.76 Å². The van der Waals surface area contributed by atoms with E-state index in [4.69, 9.17) is 9.15 Å². The molecule has 0 saturated heterocycles. The number of methoxy groups -OCH3 is 1. The van der Waals surface area contributed by atoms with E-state index < -0.39 is 0 Å². The first-order valence-corrected chi connectivity index (χ1v) is 4.23. The third kappa shape index (κ3) is 1.59. The van der Waals surface area contributed by atoms with E-state index in [1.807, 2.05) is 19.1 Å². The molecule has 0 aliphatic rings. The molecule has 0 fully saturated rings. The third-order valence-corrected chi connectivity index (χ3v) is 1.81. The van der Waals surface area contributed by atoms with Gasteiger partial charge in [-0.3, -0.25) is 0 Å². The highest BCUT2D eigenvalue weighted by atomic mass is 16.5. The highest BCUT2D eigenvalue weighted by molar-refractivity contribution is 5.51. The Balaban J connectivity index is 2.41. The molecule has 2 rings (SSSR count). The van der Waals surface area contributed by atoms with Crippen LogP contribution < -0.4 is 4.74 Å². The summed E-state index contributed by atoms with van der Waals surface area (Å²) in [5.41, 5.74) is 0.727. The fourth-order valence-electron chi connectivity index (χ4n) is 1.15. The smallest absolute Gasteiger partial charge is 0.316 e. The van der Waals surface area contributed by atoms with Crippen molar-refractivity contribution in [2.75, 3.05) is 7.11 Å². The van der Waals surface area contributed by atoms with Crippen LogP contribution in [-0.4, -0.2) is 17.1 Å². The number of hydrogen-bond donors (Lipinski definition) is 0. The van der Waals surface area contributed by atoms with Gasteiger partial charge in [-0.25, -0.2) is 4.98 Å². The Labute approximate surface area is 81.6 Å². The van der Waals surface area contributed by atoms with Gasteiger partial charge in [0, 0.05) is 6.20 Å². The SMILES string of the molecule is COc1nccc(-c2ccc(C)o2)n1. The zero-order valence-electron chi connectivity index (χ0n) is 8.02. The van der Waals surface area contributed by atoms with Gasteiger partial charge in [-0.05, 0) is 25.1 Å². The molecule has 2 aromatic rings. The first-order valence-electron chi connectivity index (χ1n) is 4.23. The van der Waals surface area contributed by atoms with E-state index in [0.717, 1.165) is 17.2 Å². The normalized spacial score (nSPS) is 10.1. The molecular weight excluding hydrogens is 180 g/mol. The van der Waals surface area contributed by atoms with Gasteiger partial charge in [-0.15, -0.1) is 0 Å². The molecule has 2 heterocycles. The Kier molecular flexibility index (Phi) is 2.18. The summed E-state index contributed by atoms with van der Waals surface area (Å²) < 4.78 is 10.3. The second-order valence-electron chi connectivity index (χ2n) is 2.84. The summed E-state index contributed by atoms with van der Waals surface area (Å²) in [6.45, 7) is 1.89. The minimum absolute atomic E-state index is 0.344. The minimum atomic E-state index is 0.344. The topological polar surface area (TPSA) is 48.2 Å². The zero-order chi connectivity index (χ0) is 9.97. The number of aromatic nitrogens is 2. The van der Waals surface area contributed by atoms with Crippen LogP contribution in [0.2, 0.25) is 0 Å². The lowest BCUT2D eigenvalue weighted by atomic mass is 10.3. The van der Waals surface area contributed by atoms with Crippen LogP contribution in [0.4, 0.5) is 0 Å². The average Bonchev–Trinajstić information content (AvgIpc) is 2.65. The monoisotopic (exact) mass is 190 g/mol. The quantitative estimate of drug-likeness (QED) is 0.727. The number of ether oxygens (including phenoxy) is 1. The van der Waals surface area contributed by atoms with Crippen molar-refractivity contribution in [2.24, 2.45) is 0 Å². The highest BCUT2D eigenvalue weighted by Gasteiger charge is 2.05. The van der Waals surface area contributed by atoms with E-state index in [1.165, 1.54) is 7.11 Å². The van der Waals surface area contributed by atoms with E-state index in [9.17, 15) is 0 Å². The largest absolute Gasteiger partial charge is 0.467 e. The van der Waals surface area contributed by atoms with E-state index in [-0.39, 0.29) is 0 Å². The third-order valence-electron chi connectivity index (χ3n) is 1.81. The first-order chi connectivity index (χ1) is 6.79. The van der Waals surface area contributed by atoms with Gasteiger partial charge in [0.1, 0.15) is 11.5 Å². The first kappa shape index (κ1) is 8.74. The van der Waals surface area contributed by atoms with Crippen molar-refractivity contribution in [2.45, 2.75) is 6.92 Å². The second kappa shape index (κ2) is 3.49. The predicted molar refractivity (Wildman–Crippen MR) is 51.0 cm³/mol. The molecule has 0 radical (unpaired) electrons. The molecule has 0 aromatic carbocycles. The predicted octanol–water partition coefficient (Wildman–Crippen LogP) is 2.05. The van der Waals surface area contributed by atoms with E-state index in [1.54, 1.807) is 12.3 Å². The molecule has 0 spiro atoms. The zero-order valence-corrected chi connectivity index (χ0v) is 8.02. The second-order valence-corrected chi connectivity index (χ2v) is 2.84. The maximum Gasteiger partial charge on any atom is 0.316 e. The number of furan rings is 1. The number of hydrogen-bond acceptors (Lipinski definition) is 4. The van der Waals surface area contributed by atoms with Crippen LogP contribution in [0, 0.1) is 6.92 Å². The maximum absolute atomic E-state index is 5.42. The fraction of sp³-hybridized carbons (Fsp3) is 0.200. The molecule has 0 N–H and O–H groups in total. The maximum atomic E-state index is 5.42. The van der Waals surface area contributed by atoms with E-state index in [2.05, 4.69) is 9.97 Å². The molecule has 0 bridgehead atoms. The Morgan fingerprint density at radius 3 is 2.79 bits per heavy atom. The van der Waals surface area contributed by atoms with Gasteiger partial charge < -0.3 is 9.15 Å². The minimum Gasteiger partial charge on any atom is -0.467 e. The molecule has 72 valence electrons. The van der Waals surface area contributed by atoms with Crippen molar-refractivity contribution in [3.63, 3.8) is 0 Å². The van der Waals surface area contributed by atoms with Crippen LogP contribution in [0.25, 0.3) is 11.5 Å². The van der Waals surface area contributed by atoms with Crippen molar-refractivity contribution >= 4 is 0 Å². The Bertz CT molecular complexity index is 437. The van der Waals surface area contributed by atoms with Gasteiger partial charge in [-0.1, -0.05) is 0 Å². The van der Waals surface area contributed by atoms with Crippen molar-refractivity contribution in [1.82, 2.24) is 9.97 Å². The Hall–Kier alpha value is -1.84. The number of rotatable bonds is 2. The molecule has 2 aromatic heterocycles. The van der Waals surface area contributed by atoms with E-state index >= 15 is 0 Å². The molecule has 0 saturated carbocycles.